The maximum atomic E-state index is 9.12. The predicted octanol–water partition coefficient (Wildman–Crippen LogP) is 11.1. The van der Waals surface area contributed by atoms with Crippen molar-refractivity contribution < 1.29 is 0 Å². The first-order chi connectivity index (χ1) is 22.8. The summed E-state index contributed by atoms with van der Waals surface area (Å²) in [6.45, 7) is 6.75. The van der Waals surface area contributed by atoms with E-state index in [-0.39, 0.29) is 11.3 Å². The molecule has 2 aromatic heterocycles. The Hall–Kier alpha value is -5.52. The van der Waals surface area contributed by atoms with E-state index in [4.69, 9.17) is 10.4 Å². The van der Waals surface area contributed by atoms with E-state index in [0.717, 1.165) is 33.3 Å². The number of thiophene rings is 1. The summed E-state index contributed by atoms with van der Waals surface area (Å²) in [5.41, 5.74) is 11.1. The summed E-state index contributed by atoms with van der Waals surface area (Å²) < 4.78 is 4.69. The first kappa shape index (κ1) is 28.9. The fraction of sp³-hybridized carbons (Fsp3) is 0.0952. The van der Waals surface area contributed by atoms with Gasteiger partial charge in [0.2, 0.25) is 0 Å². The van der Waals surface area contributed by atoms with Gasteiger partial charge in [0.05, 0.1) is 15.7 Å². The first-order valence-electron chi connectivity index (χ1n) is 15.9. The molecular formula is C42H34N4S. The van der Waals surface area contributed by atoms with Crippen molar-refractivity contribution >= 4 is 65.0 Å². The molecule has 0 atom stereocenters. The van der Waals surface area contributed by atoms with Crippen LogP contribution in [0.1, 0.15) is 37.5 Å². The van der Waals surface area contributed by atoms with Crippen LogP contribution in [0.2, 0.25) is 0 Å². The van der Waals surface area contributed by atoms with Gasteiger partial charge in [-0.25, -0.2) is 4.99 Å². The highest BCUT2D eigenvalue weighted by atomic mass is 32.1. The van der Waals surface area contributed by atoms with Crippen molar-refractivity contribution in [3.8, 4) is 11.1 Å². The molecule has 47 heavy (non-hydrogen) atoms. The van der Waals surface area contributed by atoms with Crippen LogP contribution in [-0.2, 0) is 5.41 Å². The van der Waals surface area contributed by atoms with Gasteiger partial charge < -0.3 is 0 Å². The third kappa shape index (κ3) is 5.19. The topological polar surface area (TPSA) is 53.2 Å². The van der Waals surface area contributed by atoms with E-state index in [2.05, 4.69) is 110 Å². The molecule has 0 fully saturated rings. The minimum Gasteiger partial charge on any atom is -0.282 e. The summed E-state index contributed by atoms with van der Waals surface area (Å²) in [4.78, 5) is 4.97. The van der Waals surface area contributed by atoms with Crippen molar-refractivity contribution in [3.63, 3.8) is 0 Å². The molecule has 8 rings (SSSR count). The third-order valence-electron chi connectivity index (χ3n) is 8.89. The fourth-order valence-electron chi connectivity index (χ4n) is 6.35. The number of amidine groups is 2. The quantitative estimate of drug-likeness (QED) is 0.148. The zero-order valence-electron chi connectivity index (χ0n) is 26.6. The Labute approximate surface area is 278 Å². The molecule has 0 amide bonds. The number of rotatable bonds is 4. The first-order valence-corrected chi connectivity index (χ1v) is 16.7. The van der Waals surface area contributed by atoms with Gasteiger partial charge >= 0.3 is 0 Å². The van der Waals surface area contributed by atoms with E-state index >= 15 is 0 Å². The second-order valence-electron chi connectivity index (χ2n) is 13.0. The number of hydrogen-bond donors (Lipinski definition) is 2. The number of aliphatic imine (C=N–C) groups is 1. The minimum atomic E-state index is -0.0210. The van der Waals surface area contributed by atoms with Gasteiger partial charge in [-0.3, -0.25) is 15.5 Å². The van der Waals surface area contributed by atoms with E-state index in [1.807, 2.05) is 72.0 Å². The molecule has 0 bridgehead atoms. The summed E-state index contributed by atoms with van der Waals surface area (Å²) in [5.74, 6) is 0.805. The smallest absolute Gasteiger partial charge is 0.154 e. The number of hydrogen-bond acceptors (Lipinski definition) is 2. The van der Waals surface area contributed by atoms with Crippen molar-refractivity contribution in [2.45, 2.75) is 26.2 Å². The highest BCUT2D eigenvalue weighted by Crippen LogP contribution is 2.42. The third-order valence-corrected chi connectivity index (χ3v) is 10.1. The molecule has 6 aromatic carbocycles. The van der Waals surface area contributed by atoms with Gasteiger partial charge in [0.25, 0.3) is 0 Å². The van der Waals surface area contributed by atoms with Crippen LogP contribution in [0.3, 0.4) is 0 Å². The summed E-state index contributed by atoms with van der Waals surface area (Å²) in [7, 11) is 0. The molecule has 0 aliphatic rings. The highest BCUT2D eigenvalue weighted by molar-refractivity contribution is 7.26. The van der Waals surface area contributed by atoms with E-state index in [9.17, 15) is 0 Å². The number of benzene rings is 6. The monoisotopic (exact) mass is 626 g/mol. The summed E-state index contributed by atoms with van der Waals surface area (Å²) >= 11 is 1.82. The molecule has 0 saturated carbocycles. The maximum absolute atomic E-state index is 9.12. The van der Waals surface area contributed by atoms with Gasteiger partial charge in [-0.15, -0.1) is 11.3 Å². The van der Waals surface area contributed by atoms with Gasteiger partial charge in [-0.2, -0.15) is 0 Å². The van der Waals surface area contributed by atoms with Crippen molar-refractivity contribution in [1.29, 1.82) is 5.41 Å². The van der Waals surface area contributed by atoms with Gasteiger partial charge in [0.15, 0.2) is 11.7 Å². The van der Waals surface area contributed by atoms with E-state index < -0.39 is 0 Å². The normalized spacial score (nSPS) is 12.4. The SMILES string of the molecule is CC(C)(C)c1ccc2c3ccc4c5ccccc5sc4c3n(NC(=NC(=N)c3ccc(-c4ccccc4)cc3)c3ccccc3)c2c1. The van der Waals surface area contributed by atoms with Crippen molar-refractivity contribution in [2.24, 2.45) is 4.99 Å². The van der Waals surface area contributed by atoms with Crippen LogP contribution in [-0.4, -0.2) is 16.3 Å². The Bertz CT molecular complexity index is 2460. The Balaban J connectivity index is 1.32. The molecule has 2 N–H and O–H groups in total. The lowest BCUT2D eigenvalue weighted by atomic mass is 9.86. The Kier molecular flexibility index (Phi) is 7.00. The second-order valence-corrected chi connectivity index (χ2v) is 14.0. The van der Waals surface area contributed by atoms with Crippen molar-refractivity contribution in [1.82, 2.24) is 4.68 Å². The number of fused-ring (bicyclic) bond motifs is 7. The molecule has 228 valence electrons. The zero-order valence-corrected chi connectivity index (χ0v) is 27.4. The van der Waals surface area contributed by atoms with Gasteiger partial charge in [-0.05, 0) is 34.2 Å². The van der Waals surface area contributed by atoms with E-state index in [0.29, 0.717) is 5.84 Å². The predicted molar refractivity (Wildman–Crippen MR) is 202 cm³/mol. The van der Waals surface area contributed by atoms with Crippen LogP contribution in [0.5, 0.6) is 0 Å². The molecule has 4 nitrogen and oxygen atoms in total. The van der Waals surface area contributed by atoms with Crippen LogP contribution in [0, 0.1) is 5.41 Å². The highest BCUT2D eigenvalue weighted by Gasteiger charge is 2.21. The second kappa shape index (κ2) is 11.4. The molecule has 8 aromatic rings. The van der Waals surface area contributed by atoms with Gasteiger partial charge in [0, 0.05) is 37.4 Å². The molecule has 0 aliphatic carbocycles. The number of nitrogens with one attached hydrogen (secondary N) is 2. The Morgan fingerprint density at radius 2 is 1.28 bits per heavy atom. The standard InChI is InChI=1S/C42H34N4S/c1-42(2,3)31-22-23-32-34-24-25-35-33-16-10-11-17-37(33)47-39(35)38(34)46(36(32)26-31)45-41(30-14-8-5-9-15-30)44-40(43)29-20-18-28(19-21-29)27-12-6-4-7-13-27/h4-26H,1-3H3,(H2,43,44,45). The molecule has 0 saturated heterocycles. The van der Waals surface area contributed by atoms with E-state index in [1.165, 1.54) is 36.5 Å². The minimum absolute atomic E-state index is 0.0210. The van der Waals surface area contributed by atoms with Gasteiger partial charge in [-0.1, -0.05) is 148 Å². The lowest BCUT2D eigenvalue weighted by molar-refractivity contribution is 0.591. The molecule has 0 spiro atoms. The maximum Gasteiger partial charge on any atom is 0.154 e. The van der Waals surface area contributed by atoms with E-state index in [1.54, 1.807) is 0 Å². The largest absolute Gasteiger partial charge is 0.282 e. The number of aromatic nitrogens is 1. The van der Waals surface area contributed by atoms with Crippen LogP contribution in [0.15, 0.2) is 145 Å². The number of nitrogens with zero attached hydrogens (tertiary/aromatic N) is 2. The van der Waals surface area contributed by atoms with Gasteiger partial charge in [0.1, 0.15) is 0 Å². The molecular weight excluding hydrogens is 593 g/mol. The molecule has 0 unspecified atom stereocenters. The summed E-state index contributed by atoms with van der Waals surface area (Å²) in [6, 6.07) is 48.4. The molecule has 2 heterocycles. The zero-order chi connectivity index (χ0) is 32.1. The van der Waals surface area contributed by atoms with Crippen LogP contribution in [0.4, 0.5) is 0 Å². The van der Waals surface area contributed by atoms with Crippen LogP contribution >= 0.6 is 11.3 Å². The molecule has 0 aliphatic heterocycles. The van der Waals surface area contributed by atoms with Crippen molar-refractivity contribution in [3.05, 3.63) is 156 Å². The Morgan fingerprint density at radius 1 is 0.638 bits per heavy atom. The summed E-state index contributed by atoms with van der Waals surface area (Å²) in [6.07, 6.45) is 0. The van der Waals surface area contributed by atoms with Crippen molar-refractivity contribution in [2.75, 3.05) is 5.43 Å². The molecule has 5 heteroatoms. The average molecular weight is 627 g/mol. The summed E-state index contributed by atoms with van der Waals surface area (Å²) in [5, 5.41) is 14.0. The van der Waals surface area contributed by atoms with Crippen LogP contribution in [0.25, 0.3) is 53.1 Å². The fourth-order valence-corrected chi connectivity index (χ4v) is 7.59. The lowest BCUT2D eigenvalue weighted by Crippen LogP contribution is -2.25. The lowest BCUT2D eigenvalue weighted by Gasteiger charge is -2.20. The van der Waals surface area contributed by atoms with Crippen LogP contribution < -0.4 is 5.43 Å². The molecule has 0 radical (unpaired) electrons. The average Bonchev–Trinajstić information content (AvgIpc) is 3.64. The Morgan fingerprint density at radius 3 is 2.02 bits per heavy atom.